The Hall–Kier alpha value is -6.43. The molecule has 0 saturated heterocycles. The van der Waals surface area contributed by atoms with Crippen LogP contribution in [-0.2, 0) is 0 Å². The lowest BCUT2D eigenvalue weighted by Gasteiger charge is -2.11. The number of rotatable bonds is 5. The zero-order chi connectivity index (χ0) is 33.0. The lowest BCUT2D eigenvalue weighted by atomic mass is 9.98. The van der Waals surface area contributed by atoms with Gasteiger partial charge in [-0.1, -0.05) is 121 Å². The molecule has 0 fully saturated rings. The highest BCUT2D eigenvalue weighted by Crippen LogP contribution is 2.42. The summed E-state index contributed by atoms with van der Waals surface area (Å²) in [6.07, 6.45) is 0. The van der Waals surface area contributed by atoms with Crippen molar-refractivity contribution in [2.45, 2.75) is 0 Å². The number of hydrogen-bond donors (Lipinski definition) is 0. The first-order valence-electron chi connectivity index (χ1n) is 16.7. The Kier molecular flexibility index (Phi) is 6.64. The molecule has 4 nitrogen and oxygen atoms in total. The number of hydrogen-bond acceptors (Lipinski definition) is 4. The molecule has 0 saturated carbocycles. The molecule has 10 rings (SSSR count). The van der Waals surface area contributed by atoms with Crippen LogP contribution in [0.15, 0.2) is 170 Å². The Bertz CT molecular complexity index is 2800. The molecule has 0 amide bonds. The molecule has 3 heterocycles. The van der Waals surface area contributed by atoms with Crippen LogP contribution >= 0.6 is 11.3 Å². The molecule has 0 unspecified atom stereocenters. The van der Waals surface area contributed by atoms with Crippen LogP contribution in [0.1, 0.15) is 0 Å². The summed E-state index contributed by atoms with van der Waals surface area (Å²) in [5.74, 6) is 1.95. The van der Waals surface area contributed by atoms with E-state index in [1.54, 1.807) is 0 Å². The zero-order valence-electron chi connectivity index (χ0n) is 26.9. The molecule has 0 atom stereocenters. The number of thiophene rings is 1. The van der Waals surface area contributed by atoms with Crippen LogP contribution in [0.2, 0.25) is 0 Å². The lowest BCUT2D eigenvalue weighted by Crippen LogP contribution is -2.00. The quantitative estimate of drug-likeness (QED) is 0.185. The minimum absolute atomic E-state index is 0.643. The van der Waals surface area contributed by atoms with Gasteiger partial charge in [0.2, 0.25) is 0 Å². The van der Waals surface area contributed by atoms with Crippen molar-refractivity contribution in [3.05, 3.63) is 170 Å². The van der Waals surface area contributed by atoms with Crippen LogP contribution in [0.25, 0.3) is 93.0 Å². The standard InChI is InChI=1S/C45H28N4S/c1-3-12-29(13-4-1)43-46-44(30-14-5-2-6-15-30)48-45(47-43)31-22-25-33(26-23-31)49-38-19-9-7-16-35(38)36-27-24-32(28-39(36)49)34-18-11-21-41-42(34)37-17-8-10-20-40(37)50-41/h1-28H. The van der Waals surface area contributed by atoms with E-state index in [0.717, 1.165) is 22.4 Å². The molecule has 0 N–H and O–H groups in total. The lowest BCUT2D eigenvalue weighted by molar-refractivity contribution is 1.07. The van der Waals surface area contributed by atoms with Crippen molar-refractivity contribution in [2.24, 2.45) is 0 Å². The summed E-state index contributed by atoms with van der Waals surface area (Å²) in [4.78, 5) is 14.8. The minimum atomic E-state index is 0.643. The number of fused-ring (bicyclic) bond motifs is 6. The van der Waals surface area contributed by atoms with E-state index in [0.29, 0.717) is 17.5 Å². The normalized spacial score (nSPS) is 11.6. The second-order valence-corrected chi connectivity index (χ2v) is 13.5. The molecule has 0 radical (unpaired) electrons. The van der Waals surface area contributed by atoms with Crippen LogP contribution in [-0.4, -0.2) is 19.5 Å². The van der Waals surface area contributed by atoms with E-state index in [4.69, 9.17) is 15.0 Å². The first-order chi connectivity index (χ1) is 24.8. The zero-order valence-corrected chi connectivity index (χ0v) is 27.7. The first kappa shape index (κ1) is 28.6. The van der Waals surface area contributed by atoms with Gasteiger partial charge in [-0.05, 0) is 59.7 Å². The Labute approximate surface area is 292 Å². The summed E-state index contributed by atoms with van der Waals surface area (Å²) >= 11 is 1.86. The maximum absolute atomic E-state index is 4.95. The van der Waals surface area contributed by atoms with Crippen LogP contribution < -0.4 is 0 Å². The van der Waals surface area contributed by atoms with Crippen LogP contribution in [0, 0.1) is 0 Å². The van der Waals surface area contributed by atoms with Gasteiger partial charge in [0.25, 0.3) is 0 Å². The number of para-hydroxylation sites is 1. The average Bonchev–Trinajstić information content (AvgIpc) is 3.74. The predicted molar refractivity (Wildman–Crippen MR) is 209 cm³/mol. The summed E-state index contributed by atoms with van der Waals surface area (Å²) in [6.45, 7) is 0. The molecule has 0 aliphatic heterocycles. The summed E-state index contributed by atoms with van der Waals surface area (Å²) in [5, 5.41) is 5.09. The van der Waals surface area contributed by atoms with Gasteiger partial charge in [-0.3, -0.25) is 0 Å². The Morgan fingerprint density at radius 3 is 1.62 bits per heavy atom. The van der Waals surface area contributed by atoms with Crippen molar-refractivity contribution >= 4 is 53.3 Å². The molecule has 234 valence electrons. The number of nitrogens with zero attached hydrogens (tertiary/aromatic N) is 4. The largest absolute Gasteiger partial charge is 0.309 e. The van der Waals surface area contributed by atoms with Crippen LogP contribution in [0.5, 0.6) is 0 Å². The maximum Gasteiger partial charge on any atom is 0.164 e. The van der Waals surface area contributed by atoms with Crippen LogP contribution in [0.3, 0.4) is 0 Å². The molecule has 0 aliphatic carbocycles. The molecule has 0 bridgehead atoms. The van der Waals surface area contributed by atoms with Gasteiger partial charge in [-0.25, -0.2) is 15.0 Å². The summed E-state index contributed by atoms with van der Waals surface area (Å²) < 4.78 is 5.00. The van der Waals surface area contributed by atoms with Gasteiger partial charge in [0, 0.05) is 53.3 Å². The van der Waals surface area contributed by atoms with E-state index in [1.165, 1.54) is 53.1 Å². The highest BCUT2D eigenvalue weighted by molar-refractivity contribution is 7.25. The SMILES string of the molecule is c1ccc(-c2nc(-c3ccccc3)nc(-c3ccc(-n4c5ccccc5c5ccc(-c6cccc7sc8ccccc8c67)cc54)cc3)n2)cc1. The molecule has 3 aromatic heterocycles. The number of aromatic nitrogens is 4. The molecule has 10 aromatic rings. The highest BCUT2D eigenvalue weighted by Gasteiger charge is 2.17. The topological polar surface area (TPSA) is 43.6 Å². The van der Waals surface area contributed by atoms with E-state index in [1.807, 2.05) is 72.0 Å². The fourth-order valence-electron chi connectivity index (χ4n) is 7.13. The smallest absolute Gasteiger partial charge is 0.164 e. The van der Waals surface area contributed by atoms with E-state index >= 15 is 0 Å². The first-order valence-corrected chi connectivity index (χ1v) is 17.5. The van der Waals surface area contributed by atoms with E-state index in [2.05, 4.69) is 114 Å². The molecule has 50 heavy (non-hydrogen) atoms. The molecule has 0 aliphatic rings. The van der Waals surface area contributed by atoms with Gasteiger partial charge < -0.3 is 4.57 Å². The molecule has 0 spiro atoms. The van der Waals surface area contributed by atoms with Crippen molar-refractivity contribution in [1.29, 1.82) is 0 Å². The van der Waals surface area contributed by atoms with Crippen molar-refractivity contribution < 1.29 is 0 Å². The third kappa shape index (κ3) is 4.71. The third-order valence-electron chi connectivity index (χ3n) is 9.47. The fourth-order valence-corrected chi connectivity index (χ4v) is 8.26. The van der Waals surface area contributed by atoms with Gasteiger partial charge in [-0.2, -0.15) is 0 Å². The summed E-state index contributed by atoms with van der Waals surface area (Å²) in [5.41, 5.74) is 8.73. The molecule has 5 heteroatoms. The summed E-state index contributed by atoms with van der Waals surface area (Å²) in [6, 6.07) is 59.8. The predicted octanol–water partition coefficient (Wildman–Crippen LogP) is 12.0. The van der Waals surface area contributed by atoms with Crippen molar-refractivity contribution in [2.75, 3.05) is 0 Å². The number of benzene rings is 7. The second kappa shape index (κ2) is 11.6. The monoisotopic (exact) mass is 656 g/mol. The van der Waals surface area contributed by atoms with E-state index in [9.17, 15) is 0 Å². The van der Waals surface area contributed by atoms with Gasteiger partial charge >= 0.3 is 0 Å². The van der Waals surface area contributed by atoms with Crippen molar-refractivity contribution in [3.63, 3.8) is 0 Å². The molecule has 7 aromatic carbocycles. The Morgan fingerprint density at radius 1 is 0.380 bits per heavy atom. The summed E-state index contributed by atoms with van der Waals surface area (Å²) in [7, 11) is 0. The average molecular weight is 657 g/mol. The maximum atomic E-state index is 4.95. The second-order valence-electron chi connectivity index (χ2n) is 12.4. The fraction of sp³-hybridized carbons (Fsp3) is 0. The van der Waals surface area contributed by atoms with Gasteiger partial charge in [0.05, 0.1) is 11.0 Å². The van der Waals surface area contributed by atoms with Gasteiger partial charge in [0.1, 0.15) is 0 Å². The Balaban J connectivity index is 1.12. The van der Waals surface area contributed by atoms with Crippen LogP contribution in [0.4, 0.5) is 0 Å². The van der Waals surface area contributed by atoms with E-state index < -0.39 is 0 Å². The van der Waals surface area contributed by atoms with Crippen molar-refractivity contribution in [3.8, 4) is 51.0 Å². The van der Waals surface area contributed by atoms with Gasteiger partial charge in [0.15, 0.2) is 17.5 Å². The molecular weight excluding hydrogens is 629 g/mol. The minimum Gasteiger partial charge on any atom is -0.309 e. The highest BCUT2D eigenvalue weighted by atomic mass is 32.1. The van der Waals surface area contributed by atoms with E-state index in [-0.39, 0.29) is 0 Å². The Morgan fingerprint density at radius 2 is 0.920 bits per heavy atom. The third-order valence-corrected chi connectivity index (χ3v) is 10.6. The van der Waals surface area contributed by atoms with Crippen molar-refractivity contribution in [1.82, 2.24) is 19.5 Å². The van der Waals surface area contributed by atoms with Gasteiger partial charge in [-0.15, -0.1) is 11.3 Å². The molecular formula is C45H28N4S.